The minimum absolute atomic E-state index is 0.100. The van der Waals surface area contributed by atoms with Crippen LogP contribution in [0.2, 0.25) is 0 Å². The third-order valence-corrected chi connectivity index (χ3v) is 6.43. The van der Waals surface area contributed by atoms with Gasteiger partial charge in [0.2, 0.25) is 0 Å². The minimum atomic E-state index is 0.100. The summed E-state index contributed by atoms with van der Waals surface area (Å²) < 4.78 is 0. The number of rotatable bonds is 5. The van der Waals surface area contributed by atoms with E-state index in [1.54, 1.807) is 0 Å². The second-order valence-electron chi connectivity index (χ2n) is 7.93. The molecule has 1 fully saturated rings. The monoisotopic (exact) mass is 366 g/mol. The third-order valence-electron chi connectivity index (χ3n) is 6.43. The Morgan fingerprint density at radius 2 is 1.57 bits per heavy atom. The lowest BCUT2D eigenvalue weighted by atomic mass is 9.76. The van der Waals surface area contributed by atoms with Crippen molar-refractivity contribution in [1.82, 2.24) is 0 Å². The quantitative estimate of drug-likeness (QED) is 0.530. The SMILES string of the molecule is C=CC[C@]12CCN(c3ccccc3)[C@H]1N(Cc1ccccc1)c1ccccc12. The first-order chi connectivity index (χ1) is 13.8. The van der Waals surface area contributed by atoms with Crippen LogP contribution >= 0.6 is 0 Å². The van der Waals surface area contributed by atoms with Gasteiger partial charge >= 0.3 is 0 Å². The van der Waals surface area contributed by atoms with Crippen LogP contribution in [0.5, 0.6) is 0 Å². The summed E-state index contributed by atoms with van der Waals surface area (Å²) in [6, 6.07) is 30.7. The Bertz CT molecular complexity index is 966. The topological polar surface area (TPSA) is 6.48 Å². The fourth-order valence-electron chi connectivity index (χ4n) is 5.30. The Morgan fingerprint density at radius 1 is 0.893 bits per heavy atom. The van der Waals surface area contributed by atoms with Gasteiger partial charge in [0.25, 0.3) is 0 Å². The predicted molar refractivity (Wildman–Crippen MR) is 118 cm³/mol. The van der Waals surface area contributed by atoms with E-state index in [0.717, 1.165) is 25.9 Å². The Morgan fingerprint density at radius 3 is 2.32 bits per heavy atom. The Balaban J connectivity index is 1.64. The smallest absolute Gasteiger partial charge is 0.112 e. The van der Waals surface area contributed by atoms with E-state index < -0.39 is 0 Å². The Hall–Kier alpha value is -3.00. The summed E-state index contributed by atoms with van der Waals surface area (Å²) in [7, 11) is 0. The van der Waals surface area contributed by atoms with E-state index >= 15 is 0 Å². The van der Waals surface area contributed by atoms with E-state index in [1.807, 2.05) is 0 Å². The highest BCUT2D eigenvalue weighted by molar-refractivity contribution is 5.69. The largest absolute Gasteiger partial charge is 0.350 e. The number of fused-ring (bicyclic) bond motifs is 3. The maximum atomic E-state index is 4.12. The number of hydrogen-bond donors (Lipinski definition) is 0. The number of para-hydroxylation sites is 2. The summed E-state index contributed by atoms with van der Waals surface area (Å²) >= 11 is 0. The molecule has 0 spiro atoms. The van der Waals surface area contributed by atoms with Gasteiger partial charge in [0.15, 0.2) is 0 Å². The zero-order valence-electron chi connectivity index (χ0n) is 16.2. The summed E-state index contributed by atoms with van der Waals surface area (Å²) in [6.45, 7) is 6.12. The molecule has 0 aliphatic carbocycles. The molecule has 0 unspecified atom stereocenters. The lowest BCUT2D eigenvalue weighted by molar-refractivity contribution is 0.403. The maximum absolute atomic E-state index is 4.12. The van der Waals surface area contributed by atoms with Gasteiger partial charge in [-0.25, -0.2) is 0 Å². The van der Waals surface area contributed by atoms with Gasteiger partial charge < -0.3 is 9.80 Å². The standard InChI is InChI=1S/C26H26N2/c1-2-17-26-18-19-27(22-13-7-4-8-14-22)25(26)28(20-21-11-5-3-6-12-21)24-16-10-9-15-23(24)26/h2-16,25H,1,17-20H2/t25-,26+/m0/s1. The molecule has 2 heteroatoms. The molecule has 0 aromatic heterocycles. The molecule has 0 amide bonds. The van der Waals surface area contributed by atoms with Crippen LogP contribution in [0.1, 0.15) is 24.0 Å². The first-order valence-corrected chi connectivity index (χ1v) is 10.2. The van der Waals surface area contributed by atoms with Gasteiger partial charge in [-0.3, -0.25) is 0 Å². The molecule has 0 saturated carbocycles. The predicted octanol–water partition coefficient (Wildman–Crippen LogP) is 5.76. The number of benzene rings is 3. The second-order valence-corrected chi connectivity index (χ2v) is 7.93. The molecule has 2 nitrogen and oxygen atoms in total. The highest BCUT2D eigenvalue weighted by Gasteiger charge is 2.56. The molecule has 140 valence electrons. The van der Waals surface area contributed by atoms with Crippen LogP contribution in [0.15, 0.2) is 97.6 Å². The van der Waals surface area contributed by atoms with Crippen LogP contribution in [0.4, 0.5) is 11.4 Å². The molecule has 5 rings (SSSR count). The van der Waals surface area contributed by atoms with Crippen molar-refractivity contribution in [3.8, 4) is 0 Å². The molecule has 1 saturated heterocycles. The second kappa shape index (κ2) is 6.87. The van der Waals surface area contributed by atoms with Crippen LogP contribution in [-0.2, 0) is 12.0 Å². The van der Waals surface area contributed by atoms with E-state index in [1.165, 1.54) is 22.5 Å². The summed E-state index contributed by atoms with van der Waals surface area (Å²) in [6.07, 6.45) is 4.58. The lowest BCUT2D eigenvalue weighted by Gasteiger charge is -2.39. The van der Waals surface area contributed by atoms with Crippen LogP contribution in [0.3, 0.4) is 0 Å². The van der Waals surface area contributed by atoms with Crippen molar-refractivity contribution in [2.75, 3.05) is 16.3 Å². The fourth-order valence-corrected chi connectivity index (χ4v) is 5.30. The molecule has 28 heavy (non-hydrogen) atoms. The molecule has 3 aromatic rings. The summed E-state index contributed by atoms with van der Waals surface area (Å²) in [5.74, 6) is 0. The van der Waals surface area contributed by atoms with E-state index in [2.05, 4.69) is 107 Å². The van der Waals surface area contributed by atoms with Crippen molar-refractivity contribution >= 4 is 11.4 Å². The summed E-state index contributed by atoms with van der Waals surface area (Å²) in [5, 5.41) is 0. The summed E-state index contributed by atoms with van der Waals surface area (Å²) in [5.41, 5.74) is 5.62. The first-order valence-electron chi connectivity index (χ1n) is 10.2. The number of nitrogens with zero attached hydrogens (tertiary/aromatic N) is 2. The lowest BCUT2D eigenvalue weighted by Crippen LogP contribution is -2.49. The van der Waals surface area contributed by atoms with Crippen LogP contribution < -0.4 is 9.80 Å². The zero-order chi connectivity index (χ0) is 19.0. The van der Waals surface area contributed by atoms with E-state index in [9.17, 15) is 0 Å². The average molecular weight is 367 g/mol. The molecular formula is C26H26N2. The first kappa shape index (κ1) is 17.1. The van der Waals surface area contributed by atoms with Crippen molar-refractivity contribution in [3.63, 3.8) is 0 Å². The van der Waals surface area contributed by atoms with Crippen LogP contribution in [0.25, 0.3) is 0 Å². The van der Waals surface area contributed by atoms with Crippen molar-refractivity contribution in [3.05, 3.63) is 109 Å². The number of anilines is 2. The third kappa shape index (κ3) is 2.56. The highest BCUT2D eigenvalue weighted by atomic mass is 15.4. The molecule has 2 atom stereocenters. The normalized spacial score (nSPS) is 22.8. The van der Waals surface area contributed by atoms with Crippen molar-refractivity contribution in [2.24, 2.45) is 0 Å². The van der Waals surface area contributed by atoms with Crippen molar-refractivity contribution in [1.29, 1.82) is 0 Å². The molecule has 0 bridgehead atoms. The van der Waals surface area contributed by atoms with Gasteiger partial charge in [-0.15, -0.1) is 6.58 Å². The van der Waals surface area contributed by atoms with Crippen molar-refractivity contribution < 1.29 is 0 Å². The summed E-state index contributed by atoms with van der Waals surface area (Å²) in [4.78, 5) is 5.22. The molecule has 2 aliphatic heterocycles. The average Bonchev–Trinajstić information content (AvgIpc) is 3.24. The number of hydrogen-bond acceptors (Lipinski definition) is 2. The van der Waals surface area contributed by atoms with Gasteiger partial charge in [-0.2, -0.15) is 0 Å². The molecule has 3 aromatic carbocycles. The van der Waals surface area contributed by atoms with Crippen LogP contribution in [-0.4, -0.2) is 12.7 Å². The minimum Gasteiger partial charge on any atom is -0.350 e. The van der Waals surface area contributed by atoms with Crippen LogP contribution in [0, 0.1) is 0 Å². The van der Waals surface area contributed by atoms with Gasteiger partial charge in [-0.05, 0) is 42.2 Å². The highest BCUT2D eigenvalue weighted by Crippen LogP contribution is 2.55. The zero-order valence-corrected chi connectivity index (χ0v) is 16.2. The maximum Gasteiger partial charge on any atom is 0.112 e. The van der Waals surface area contributed by atoms with E-state index in [4.69, 9.17) is 0 Å². The van der Waals surface area contributed by atoms with Gasteiger partial charge in [0.1, 0.15) is 6.17 Å². The Labute approximate surface area is 167 Å². The molecule has 0 radical (unpaired) electrons. The van der Waals surface area contributed by atoms with E-state index in [0.29, 0.717) is 6.17 Å². The number of allylic oxidation sites excluding steroid dienone is 1. The van der Waals surface area contributed by atoms with Gasteiger partial charge in [-0.1, -0.05) is 72.8 Å². The van der Waals surface area contributed by atoms with Gasteiger partial charge in [0.05, 0.1) is 0 Å². The molecule has 0 N–H and O–H groups in total. The fraction of sp³-hybridized carbons (Fsp3) is 0.231. The Kier molecular flexibility index (Phi) is 4.20. The molecule has 2 heterocycles. The van der Waals surface area contributed by atoms with Gasteiger partial charge in [0, 0.05) is 29.9 Å². The molecular weight excluding hydrogens is 340 g/mol. The van der Waals surface area contributed by atoms with E-state index in [-0.39, 0.29) is 5.41 Å². The van der Waals surface area contributed by atoms with Crippen molar-refractivity contribution in [2.45, 2.75) is 31.0 Å². The molecule has 2 aliphatic rings.